The molecular formula is C21H16N4O. The standard InChI is InChI=1S/C21H16N4O/c26-21-18(10-14-6-2-1-3-7-14)24-20-12-23-19(13-25(20)21)16-11-22-17-9-5-4-8-15(16)17/h1-9,11-13,22,26H,10H2. The highest BCUT2D eigenvalue weighted by Crippen LogP contribution is 2.29. The van der Waals surface area contributed by atoms with Gasteiger partial charge in [0.15, 0.2) is 5.65 Å². The third-order valence-corrected chi connectivity index (χ3v) is 4.63. The highest BCUT2D eigenvalue weighted by molar-refractivity contribution is 5.94. The number of benzene rings is 2. The summed E-state index contributed by atoms with van der Waals surface area (Å²) in [5, 5.41) is 11.8. The Morgan fingerprint density at radius 1 is 1.00 bits per heavy atom. The number of nitrogens with one attached hydrogen (secondary N) is 1. The zero-order chi connectivity index (χ0) is 17.5. The van der Waals surface area contributed by atoms with E-state index in [0.717, 1.165) is 27.7 Å². The van der Waals surface area contributed by atoms with Gasteiger partial charge < -0.3 is 10.1 Å². The molecule has 0 saturated heterocycles. The van der Waals surface area contributed by atoms with Crippen molar-refractivity contribution in [3.8, 4) is 17.1 Å². The van der Waals surface area contributed by atoms with Crippen LogP contribution < -0.4 is 0 Å². The monoisotopic (exact) mass is 340 g/mol. The lowest BCUT2D eigenvalue weighted by Crippen LogP contribution is -1.90. The summed E-state index contributed by atoms with van der Waals surface area (Å²) in [5.41, 5.74) is 5.24. The molecule has 0 aliphatic rings. The minimum atomic E-state index is 0.160. The van der Waals surface area contributed by atoms with E-state index in [1.807, 2.05) is 60.9 Å². The summed E-state index contributed by atoms with van der Waals surface area (Å²) in [6.45, 7) is 0. The fraction of sp³-hybridized carbons (Fsp3) is 0.0476. The van der Waals surface area contributed by atoms with Gasteiger partial charge in [-0.25, -0.2) is 4.98 Å². The van der Waals surface area contributed by atoms with E-state index in [0.29, 0.717) is 17.8 Å². The topological polar surface area (TPSA) is 66.2 Å². The largest absolute Gasteiger partial charge is 0.493 e. The summed E-state index contributed by atoms with van der Waals surface area (Å²) < 4.78 is 1.70. The van der Waals surface area contributed by atoms with Crippen LogP contribution in [0.15, 0.2) is 73.2 Å². The average Bonchev–Trinajstić information content (AvgIpc) is 3.24. The second-order valence-corrected chi connectivity index (χ2v) is 6.29. The second-order valence-electron chi connectivity index (χ2n) is 6.29. The van der Waals surface area contributed by atoms with Crippen LogP contribution in [0.2, 0.25) is 0 Å². The van der Waals surface area contributed by atoms with Gasteiger partial charge in [0, 0.05) is 35.3 Å². The van der Waals surface area contributed by atoms with Crippen molar-refractivity contribution < 1.29 is 5.11 Å². The van der Waals surface area contributed by atoms with Crippen LogP contribution in [0.3, 0.4) is 0 Å². The van der Waals surface area contributed by atoms with Gasteiger partial charge in [0.2, 0.25) is 5.88 Å². The molecule has 5 heteroatoms. The number of nitrogens with zero attached hydrogens (tertiary/aromatic N) is 3. The molecule has 0 aliphatic carbocycles. The summed E-state index contributed by atoms with van der Waals surface area (Å²) in [4.78, 5) is 12.3. The number of para-hydroxylation sites is 1. The fourth-order valence-electron chi connectivity index (χ4n) is 3.32. The molecule has 3 aromatic heterocycles. The molecule has 0 atom stereocenters. The quantitative estimate of drug-likeness (QED) is 0.518. The first-order valence-electron chi connectivity index (χ1n) is 8.46. The first-order chi connectivity index (χ1) is 12.8. The summed E-state index contributed by atoms with van der Waals surface area (Å²) in [5.74, 6) is 0.160. The van der Waals surface area contributed by atoms with Gasteiger partial charge in [-0.15, -0.1) is 0 Å². The highest BCUT2D eigenvalue weighted by Gasteiger charge is 2.14. The minimum absolute atomic E-state index is 0.160. The van der Waals surface area contributed by atoms with Crippen LogP contribution in [-0.2, 0) is 6.42 Å². The number of H-pyrrole nitrogens is 1. The Kier molecular flexibility index (Phi) is 3.25. The maximum Gasteiger partial charge on any atom is 0.219 e. The van der Waals surface area contributed by atoms with E-state index in [-0.39, 0.29) is 5.88 Å². The van der Waals surface area contributed by atoms with Gasteiger partial charge in [-0.3, -0.25) is 9.38 Å². The number of aromatic hydroxyl groups is 1. The van der Waals surface area contributed by atoms with Crippen LogP contribution in [0.25, 0.3) is 27.8 Å². The molecule has 5 nitrogen and oxygen atoms in total. The van der Waals surface area contributed by atoms with E-state index in [4.69, 9.17) is 0 Å². The van der Waals surface area contributed by atoms with Gasteiger partial charge >= 0.3 is 0 Å². The number of hydrogen-bond acceptors (Lipinski definition) is 3. The zero-order valence-corrected chi connectivity index (χ0v) is 13.9. The molecule has 3 heterocycles. The number of imidazole rings is 1. The van der Waals surface area contributed by atoms with Crippen molar-refractivity contribution in [1.82, 2.24) is 19.4 Å². The molecule has 2 aromatic carbocycles. The van der Waals surface area contributed by atoms with Crippen molar-refractivity contribution in [3.05, 3.63) is 84.4 Å². The number of aromatic amines is 1. The Morgan fingerprint density at radius 2 is 1.81 bits per heavy atom. The number of hydrogen-bond donors (Lipinski definition) is 2. The molecule has 2 N–H and O–H groups in total. The molecule has 5 aromatic rings. The van der Waals surface area contributed by atoms with Gasteiger partial charge in [0.25, 0.3) is 0 Å². The van der Waals surface area contributed by atoms with Crippen molar-refractivity contribution >= 4 is 16.6 Å². The van der Waals surface area contributed by atoms with E-state index in [2.05, 4.69) is 21.0 Å². The van der Waals surface area contributed by atoms with Gasteiger partial charge in [-0.1, -0.05) is 48.5 Å². The summed E-state index contributed by atoms with van der Waals surface area (Å²) in [6, 6.07) is 18.1. The number of aromatic nitrogens is 4. The van der Waals surface area contributed by atoms with Gasteiger partial charge in [0.1, 0.15) is 5.69 Å². The Balaban J connectivity index is 1.60. The molecule has 5 rings (SSSR count). The van der Waals surface area contributed by atoms with Crippen molar-refractivity contribution in [1.29, 1.82) is 0 Å². The lowest BCUT2D eigenvalue weighted by Gasteiger charge is -2.02. The molecule has 0 radical (unpaired) electrons. The van der Waals surface area contributed by atoms with Crippen molar-refractivity contribution in [2.45, 2.75) is 6.42 Å². The SMILES string of the molecule is Oc1c(Cc2ccccc2)nc2cnc(-c3c[nH]c4ccccc34)cn12. The molecule has 0 bridgehead atoms. The molecule has 26 heavy (non-hydrogen) atoms. The molecular weight excluding hydrogens is 324 g/mol. The Hall–Kier alpha value is -3.60. The first-order valence-corrected chi connectivity index (χ1v) is 8.46. The predicted octanol–water partition coefficient (Wildman–Crippen LogP) is 4.17. The Labute approximate surface area is 149 Å². The fourth-order valence-corrected chi connectivity index (χ4v) is 3.32. The highest BCUT2D eigenvalue weighted by atomic mass is 16.3. The maximum absolute atomic E-state index is 10.7. The summed E-state index contributed by atoms with van der Waals surface area (Å²) in [6.07, 6.45) is 6.06. The molecule has 0 saturated carbocycles. The van der Waals surface area contributed by atoms with E-state index in [1.165, 1.54) is 0 Å². The average molecular weight is 340 g/mol. The van der Waals surface area contributed by atoms with Gasteiger partial charge in [0.05, 0.1) is 11.9 Å². The van der Waals surface area contributed by atoms with Crippen LogP contribution in [0.5, 0.6) is 5.88 Å². The summed E-state index contributed by atoms with van der Waals surface area (Å²) >= 11 is 0. The second kappa shape index (κ2) is 5.74. The Bertz CT molecular complexity index is 1220. The smallest absolute Gasteiger partial charge is 0.219 e. The molecule has 126 valence electrons. The number of fused-ring (bicyclic) bond motifs is 2. The van der Waals surface area contributed by atoms with Crippen LogP contribution in [0, 0.1) is 0 Å². The molecule has 0 aliphatic heterocycles. The van der Waals surface area contributed by atoms with Crippen LogP contribution in [0.1, 0.15) is 11.3 Å². The first kappa shape index (κ1) is 14.7. The van der Waals surface area contributed by atoms with Gasteiger partial charge in [-0.2, -0.15) is 0 Å². The van der Waals surface area contributed by atoms with E-state index >= 15 is 0 Å². The van der Waals surface area contributed by atoms with Crippen LogP contribution >= 0.6 is 0 Å². The normalized spacial score (nSPS) is 11.4. The minimum Gasteiger partial charge on any atom is -0.493 e. The molecule has 0 amide bonds. The zero-order valence-electron chi connectivity index (χ0n) is 13.9. The molecule has 0 fully saturated rings. The lowest BCUT2D eigenvalue weighted by atomic mass is 10.1. The van der Waals surface area contributed by atoms with Crippen molar-refractivity contribution in [2.75, 3.05) is 0 Å². The van der Waals surface area contributed by atoms with Crippen molar-refractivity contribution in [2.24, 2.45) is 0 Å². The summed E-state index contributed by atoms with van der Waals surface area (Å²) in [7, 11) is 0. The van der Waals surface area contributed by atoms with Crippen molar-refractivity contribution in [3.63, 3.8) is 0 Å². The van der Waals surface area contributed by atoms with Crippen LogP contribution in [-0.4, -0.2) is 24.5 Å². The van der Waals surface area contributed by atoms with Gasteiger partial charge in [-0.05, 0) is 11.6 Å². The maximum atomic E-state index is 10.7. The van der Waals surface area contributed by atoms with E-state index in [9.17, 15) is 5.11 Å². The third kappa shape index (κ3) is 2.33. The van der Waals surface area contributed by atoms with E-state index in [1.54, 1.807) is 10.6 Å². The molecule has 0 unspecified atom stereocenters. The number of rotatable bonds is 3. The lowest BCUT2D eigenvalue weighted by molar-refractivity contribution is 0.442. The van der Waals surface area contributed by atoms with Crippen LogP contribution in [0.4, 0.5) is 0 Å². The third-order valence-electron chi connectivity index (χ3n) is 4.63. The van der Waals surface area contributed by atoms with E-state index < -0.39 is 0 Å². The molecule has 0 spiro atoms. The Morgan fingerprint density at radius 3 is 2.69 bits per heavy atom. The predicted molar refractivity (Wildman–Crippen MR) is 101 cm³/mol.